The summed E-state index contributed by atoms with van der Waals surface area (Å²) < 4.78 is 6.32. The van der Waals surface area contributed by atoms with Crippen molar-refractivity contribution in [3.63, 3.8) is 0 Å². The Morgan fingerprint density at radius 1 is 1.11 bits per heavy atom. The first-order chi connectivity index (χ1) is 13.5. The third-order valence-electron chi connectivity index (χ3n) is 4.37. The summed E-state index contributed by atoms with van der Waals surface area (Å²) in [7, 11) is 1.70. The largest absolute Gasteiger partial charge is 0.455 e. The minimum Gasteiger partial charge on any atom is -0.455 e. The molecule has 3 rings (SSSR count). The number of hydrogen-bond acceptors (Lipinski definition) is 6. The lowest BCUT2D eigenvalue weighted by molar-refractivity contribution is -0.151. The SMILES string of the molecule is C[C@H](Sc1ccccc1)C(=O)OCC(=O)N(C)[C@@H](C)c1nc2ccccc2s1. The van der Waals surface area contributed by atoms with Gasteiger partial charge in [-0.2, -0.15) is 0 Å². The van der Waals surface area contributed by atoms with E-state index in [-0.39, 0.29) is 23.8 Å². The summed E-state index contributed by atoms with van der Waals surface area (Å²) in [6, 6.07) is 17.3. The van der Waals surface area contributed by atoms with Crippen LogP contribution in [0, 0.1) is 0 Å². The maximum absolute atomic E-state index is 12.5. The third kappa shape index (κ3) is 4.91. The highest BCUT2D eigenvalue weighted by Gasteiger charge is 2.23. The van der Waals surface area contributed by atoms with Gasteiger partial charge in [0.2, 0.25) is 0 Å². The standard InChI is InChI=1S/C21H22N2O3S2/c1-14(20-22-17-11-7-8-12-18(17)28-20)23(3)19(24)13-26-21(25)15(2)27-16-9-5-4-6-10-16/h4-12,14-15H,13H2,1-3H3/t14-,15-/m0/s1. The van der Waals surface area contributed by atoms with Crippen molar-refractivity contribution in [3.05, 3.63) is 59.6 Å². The molecule has 0 saturated heterocycles. The summed E-state index contributed by atoms with van der Waals surface area (Å²) in [5.74, 6) is -0.653. The molecule has 0 fully saturated rings. The smallest absolute Gasteiger partial charge is 0.319 e. The predicted molar refractivity (Wildman–Crippen MR) is 114 cm³/mol. The van der Waals surface area contributed by atoms with Crippen molar-refractivity contribution in [1.82, 2.24) is 9.88 Å². The molecule has 2 atom stereocenters. The molecule has 3 aromatic rings. The van der Waals surface area contributed by atoms with Crippen LogP contribution in [0.15, 0.2) is 59.5 Å². The van der Waals surface area contributed by atoms with Crippen LogP contribution in [-0.4, -0.2) is 40.7 Å². The summed E-state index contributed by atoms with van der Waals surface area (Å²) in [5, 5.41) is 0.471. The van der Waals surface area contributed by atoms with Gasteiger partial charge in [-0.05, 0) is 38.1 Å². The Morgan fingerprint density at radius 2 is 1.79 bits per heavy atom. The minimum atomic E-state index is -0.400. The summed E-state index contributed by atoms with van der Waals surface area (Å²) in [6.45, 7) is 3.42. The number of thioether (sulfide) groups is 1. The van der Waals surface area contributed by atoms with E-state index in [1.807, 2.05) is 61.5 Å². The Balaban J connectivity index is 1.53. The summed E-state index contributed by atoms with van der Waals surface area (Å²) in [6.07, 6.45) is 0. The van der Waals surface area contributed by atoms with Crippen molar-refractivity contribution in [2.75, 3.05) is 13.7 Å². The number of benzene rings is 2. The molecule has 0 aliphatic carbocycles. The Kier molecular flexibility index (Phi) is 6.70. The highest BCUT2D eigenvalue weighted by Crippen LogP contribution is 2.29. The maximum Gasteiger partial charge on any atom is 0.319 e. The average molecular weight is 415 g/mol. The number of thiazole rings is 1. The van der Waals surface area contributed by atoms with E-state index in [0.29, 0.717) is 0 Å². The van der Waals surface area contributed by atoms with Crippen LogP contribution >= 0.6 is 23.1 Å². The molecule has 0 saturated carbocycles. The van der Waals surface area contributed by atoms with Crippen molar-refractivity contribution >= 4 is 45.2 Å². The van der Waals surface area contributed by atoms with Gasteiger partial charge in [0.05, 0.1) is 16.3 Å². The van der Waals surface area contributed by atoms with Gasteiger partial charge in [-0.1, -0.05) is 30.3 Å². The van der Waals surface area contributed by atoms with Gasteiger partial charge in [0.1, 0.15) is 10.3 Å². The highest BCUT2D eigenvalue weighted by molar-refractivity contribution is 8.00. The van der Waals surface area contributed by atoms with Gasteiger partial charge in [-0.3, -0.25) is 9.59 Å². The molecule has 1 aromatic heterocycles. The zero-order valence-corrected chi connectivity index (χ0v) is 17.6. The zero-order valence-electron chi connectivity index (χ0n) is 16.0. The number of nitrogens with zero attached hydrogens (tertiary/aromatic N) is 2. The molecule has 28 heavy (non-hydrogen) atoms. The number of carbonyl (C=O) groups excluding carboxylic acids is 2. The first-order valence-electron chi connectivity index (χ1n) is 8.95. The van der Waals surface area contributed by atoms with E-state index in [2.05, 4.69) is 4.98 Å². The van der Waals surface area contributed by atoms with Gasteiger partial charge in [0, 0.05) is 11.9 Å². The lowest BCUT2D eigenvalue weighted by atomic mass is 10.3. The number of carbonyl (C=O) groups is 2. The second-order valence-electron chi connectivity index (χ2n) is 6.38. The van der Waals surface area contributed by atoms with Gasteiger partial charge in [-0.15, -0.1) is 23.1 Å². The molecule has 146 valence electrons. The van der Waals surface area contributed by atoms with Gasteiger partial charge < -0.3 is 9.64 Å². The number of ether oxygens (including phenoxy) is 1. The quantitative estimate of drug-likeness (QED) is 0.420. The monoisotopic (exact) mass is 414 g/mol. The fourth-order valence-electron chi connectivity index (χ4n) is 2.55. The lowest BCUT2D eigenvalue weighted by Gasteiger charge is -2.23. The normalized spacial score (nSPS) is 13.1. The Labute approximate surface area is 172 Å². The Morgan fingerprint density at radius 3 is 2.50 bits per heavy atom. The molecule has 0 aliphatic heterocycles. The van der Waals surface area contributed by atoms with Gasteiger partial charge in [0.15, 0.2) is 6.61 Å². The van der Waals surface area contributed by atoms with Crippen LogP contribution in [0.25, 0.3) is 10.2 Å². The minimum absolute atomic E-state index is 0.195. The summed E-state index contributed by atoms with van der Waals surface area (Å²) in [4.78, 5) is 31.8. The Hall–Kier alpha value is -2.38. The van der Waals surface area contributed by atoms with Crippen LogP contribution in [-0.2, 0) is 14.3 Å². The maximum atomic E-state index is 12.5. The molecule has 0 radical (unpaired) electrons. The number of fused-ring (bicyclic) bond motifs is 1. The van der Waals surface area contributed by atoms with E-state index in [9.17, 15) is 9.59 Å². The fraction of sp³-hybridized carbons (Fsp3) is 0.286. The molecule has 1 amide bonds. The number of hydrogen-bond donors (Lipinski definition) is 0. The molecule has 7 heteroatoms. The van der Waals surface area contributed by atoms with Gasteiger partial charge in [-0.25, -0.2) is 4.98 Å². The van der Waals surface area contributed by atoms with Crippen molar-refractivity contribution in [2.24, 2.45) is 0 Å². The molecular weight excluding hydrogens is 392 g/mol. The van der Waals surface area contributed by atoms with Gasteiger partial charge >= 0.3 is 5.97 Å². The van der Waals surface area contributed by atoms with E-state index in [0.717, 1.165) is 20.1 Å². The van der Waals surface area contributed by atoms with Crippen molar-refractivity contribution in [1.29, 1.82) is 0 Å². The fourth-order valence-corrected chi connectivity index (χ4v) is 4.50. The lowest BCUT2D eigenvalue weighted by Crippen LogP contribution is -2.34. The number of para-hydroxylation sites is 1. The van der Waals surface area contributed by atoms with Crippen molar-refractivity contribution in [2.45, 2.75) is 30.0 Å². The molecule has 0 unspecified atom stereocenters. The zero-order chi connectivity index (χ0) is 20.1. The van der Waals surface area contributed by atoms with Crippen molar-refractivity contribution < 1.29 is 14.3 Å². The van der Waals surface area contributed by atoms with Crippen molar-refractivity contribution in [3.8, 4) is 0 Å². The van der Waals surface area contributed by atoms with E-state index >= 15 is 0 Å². The first kappa shape index (κ1) is 20.4. The van der Waals surface area contributed by atoms with Gasteiger partial charge in [0.25, 0.3) is 5.91 Å². The topological polar surface area (TPSA) is 59.5 Å². The predicted octanol–water partition coefficient (Wildman–Crippen LogP) is 4.54. The van der Waals surface area contributed by atoms with Crippen LogP contribution in [0.2, 0.25) is 0 Å². The summed E-state index contributed by atoms with van der Waals surface area (Å²) >= 11 is 2.98. The van der Waals surface area contributed by atoms with Crippen LogP contribution in [0.5, 0.6) is 0 Å². The molecule has 0 bridgehead atoms. The van der Waals surface area contributed by atoms with Crippen LogP contribution < -0.4 is 0 Å². The van der Waals surface area contributed by atoms with Crippen LogP contribution in [0.4, 0.5) is 0 Å². The van der Waals surface area contributed by atoms with E-state index in [4.69, 9.17) is 4.74 Å². The molecule has 0 spiro atoms. The third-order valence-corrected chi connectivity index (χ3v) is 6.67. The number of likely N-dealkylation sites (N-methyl/N-ethyl adjacent to an activating group) is 1. The molecule has 0 N–H and O–H groups in total. The number of esters is 1. The molecule has 5 nitrogen and oxygen atoms in total. The highest BCUT2D eigenvalue weighted by atomic mass is 32.2. The van der Waals surface area contributed by atoms with E-state index < -0.39 is 5.97 Å². The molecular formula is C21H22N2O3S2. The number of amides is 1. The number of rotatable bonds is 7. The molecule has 0 aliphatic rings. The number of aromatic nitrogens is 1. The van der Waals surface area contributed by atoms with E-state index in [1.165, 1.54) is 11.8 Å². The Bertz CT molecular complexity index is 925. The second kappa shape index (κ2) is 9.21. The van der Waals surface area contributed by atoms with E-state index in [1.54, 1.807) is 30.2 Å². The summed E-state index contributed by atoms with van der Waals surface area (Å²) in [5.41, 5.74) is 0.924. The molecule has 2 aromatic carbocycles. The molecule has 1 heterocycles. The van der Waals surface area contributed by atoms with Crippen LogP contribution in [0.3, 0.4) is 0 Å². The van der Waals surface area contributed by atoms with Crippen LogP contribution in [0.1, 0.15) is 24.9 Å². The average Bonchev–Trinajstić information content (AvgIpc) is 3.15. The first-order valence-corrected chi connectivity index (χ1v) is 10.6. The second-order valence-corrected chi connectivity index (χ2v) is 8.86.